The monoisotopic (exact) mass is 306 g/mol. The topological polar surface area (TPSA) is 84.0 Å². The Morgan fingerprint density at radius 2 is 1.95 bits per heavy atom. The lowest BCUT2D eigenvalue weighted by Gasteiger charge is -2.23. The van der Waals surface area contributed by atoms with Gasteiger partial charge in [0.25, 0.3) is 15.2 Å². The molecule has 0 spiro atoms. The molecule has 19 heavy (non-hydrogen) atoms. The van der Waals surface area contributed by atoms with Crippen molar-refractivity contribution in [1.29, 1.82) is 0 Å². The molecule has 2 N–H and O–H groups in total. The molecule has 8 heteroatoms. The van der Waals surface area contributed by atoms with Crippen molar-refractivity contribution in [3.63, 3.8) is 0 Å². The van der Waals surface area contributed by atoms with Crippen LogP contribution in [-0.4, -0.2) is 37.5 Å². The van der Waals surface area contributed by atoms with Crippen LogP contribution < -0.4 is 10.0 Å². The first-order chi connectivity index (χ1) is 8.47. The van der Waals surface area contributed by atoms with Gasteiger partial charge in [-0.3, -0.25) is 0 Å². The van der Waals surface area contributed by atoms with E-state index in [1.54, 1.807) is 19.9 Å². The summed E-state index contributed by atoms with van der Waals surface area (Å²) in [6, 6.07) is 1.68. The number of aryl methyl sites for hydroxylation is 2. The molecule has 0 radical (unpaired) electrons. The van der Waals surface area contributed by atoms with E-state index in [4.69, 9.17) is 0 Å². The summed E-state index contributed by atoms with van der Waals surface area (Å²) in [7, 11) is -3.62. The Morgan fingerprint density at radius 1 is 1.32 bits per heavy atom. The van der Waals surface area contributed by atoms with E-state index in [-0.39, 0.29) is 23.6 Å². The van der Waals surface area contributed by atoms with Gasteiger partial charge in [-0.15, -0.1) is 12.4 Å². The van der Waals surface area contributed by atoms with Crippen LogP contribution in [0.4, 0.5) is 0 Å². The van der Waals surface area contributed by atoms with Crippen molar-refractivity contribution in [3.8, 4) is 0 Å². The maximum absolute atomic E-state index is 12.1. The molecular formula is C11H19ClN4O2S. The fraction of sp³-hybridized carbons (Fsp3) is 0.636. The molecular weight excluding hydrogens is 288 g/mol. The van der Waals surface area contributed by atoms with Crippen LogP contribution in [0, 0.1) is 13.8 Å². The Balaban J connectivity index is 0.00000180. The van der Waals surface area contributed by atoms with Crippen LogP contribution >= 0.6 is 12.4 Å². The van der Waals surface area contributed by atoms with Gasteiger partial charge in [0, 0.05) is 24.0 Å². The minimum Gasteiger partial charge on any atom is -0.315 e. The van der Waals surface area contributed by atoms with E-state index in [0.717, 1.165) is 19.4 Å². The van der Waals surface area contributed by atoms with Crippen LogP contribution in [0.25, 0.3) is 0 Å². The molecule has 0 amide bonds. The van der Waals surface area contributed by atoms with Gasteiger partial charge < -0.3 is 5.32 Å². The van der Waals surface area contributed by atoms with Gasteiger partial charge in [0.2, 0.25) is 0 Å². The van der Waals surface area contributed by atoms with E-state index in [2.05, 4.69) is 20.0 Å². The standard InChI is InChI=1S/C11H18N4O2S.ClH/c1-8-6-9(2)14-11(13-8)18(16,17)15-10-4-3-5-12-7-10;/h6,10,12,15H,3-5,7H2,1-2H3;1H. The first kappa shape index (κ1) is 16.3. The van der Waals surface area contributed by atoms with Crippen molar-refractivity contribution >= 4 is 22.4 Å². The Labute approximate surface area is 119 Å². The van der Waals surface area contributed by atoms with Gasteiger partial charge in [-0.05, 0) is 39.3 Å². The van der Waals surface area contributed by atoms with E-state index in [9.17, 15) is 8.42 Å². The third-order valence-electron chi connectivity index (χ3n) is 2.82. The largest absolute Gasteiger partial charge is 0.315 e. The number of halogens is 1. The molecule has 6 nitrogen and oxygen atoms in total. The van der Waals surface area contributed by atoms with E-state index >= 15 is 0 Å². The van der Waals surface area contributed by atoms with Gasteiger partial charge in [-0.25, -0.2) is 23.1 Å². The highest BCUT2D eigenvalue weighted by molar-refractivity contribution is 7.89. The average Bonchev–Trinajstić information content (AvgIpc) is 2.28. The molecule has 1 saturated heterocycles. The van der Waals surface area contributed by atoms with Gasteiger partial charge in [-0.2, -0.15) is 0 Å². The van der Waals surface area contributed by atoms with Crippen LogP contribution in [0.5, 0.6) is 0 Å². The number of rotatable bonds is 3. The second-order valence-corrected chi connectivity index (χ2v) is 6.21. The van der Waals surface area contributed by atoms with Gasteiger partial charge in [0.05, 0.1) is 0 Å². The van der Waals surface area contributed by atoms with Gasteiger partial charge >= 0.3 is 0 Å². The summed E-state index contributed by atoms with van der Waals surface area (Å²) in [5.74, 6) is 0. The second kappa shape index (κ2) is 6.60. The lowest BCUT2D eigenvalue weighted by molar-refractivity contribution is 0.427. The molecule has 108 valence electrons. The summed E-state index contributed by atoms with van der Waals surface area (Å²) in [5.41, 5.74) is 1.31. The molecule has 2 heterocycles. The zero-order chi connectivity index (χ0) is 13.2. The second-order valence-electron chi connectivity index (χ2n) is 4.60. The van der Waals surface area contributed by atoms with Gasteiger partial charge in [0.15, 0.2) is 0 Å². The van der Waals surface area contributed by atoms with Crippen LogP contribution in [0.3, 0.4) is 0 Å². The first-order valence-electron chi connectivity index (χ1n) is 6.03. The van der Waals surface area contributed by atoms with Crippen molar-refractivity contribution in [3.05, 3.63) is 17.5 Å². The Bertz CT molecular complexity index is 509. The maximum Gasteiger partial charge on any atom is 0.276 e. The molecule has 2 rings (SSSR count). The van der Waals surface area contributed by atoms with Gasteiger partial charge in [-0.1, -0.05) is 0 Å². The number of hydrogen-bond donors (Lipinski definition) is 2. The third kappa shape index (κ3) is 4.38. The maximum atomic E-state index is 12.1. The number of hydrogen-bond acceptors (Lipinski definition) is 5. The minimum absolute atomic E-state index is 0. The lowest BCUT2D eigenvalue weighted by Crippen LogP contribution is -2.45. The first-order valence-corrected chi connectivity index (χ1v) is 7.51. The Hall–Kier alpha value is -0.760. The van der Waals surface area contributed by atoms with E-state index in [1.807, 2.05) is 0 Å². The summed E-state index contributed by atoms with van der Waals surface area (Å²) < 4.78 is 26.9. The molecule has 0 saturated carbocycles. The van der Waals surface area contributed by atoms with E-state index in [1.165, 1.54) is 0 Å². The average molecular weight is 307 g/mol. The molecule has 0 bridgehead atoms. The molecule has 0 aromatic carbocycles. The fourth-order valence-electron chi connectivity index (χ4n) is 2.04. The SMILES string of the molecule is Cc1cc(C)nc(S(=O)(=O)NC2CCCNC2)n1.Cl. The van der Waals surface area contributed by atoms with Crippen molar-refractivity contribution < 1.29 is 8.42 Å². The number of nitrogens with zero attached hydrogens (tertiary/aromatic N) is 2. The molecule has 1 fully saturated rings. The predicted octanol–water partition coefficient (Wildman–Crippen LogP) is 0.546. The zero-order valence-corrected chi connectivity index (χ0v) is 12.6. The minimum atomic E-state index is -3.62. The van der Waals surface area contributed by atoms with Crippen molar-refractivity contribution in [1.82, 2.24) is 20.0 Å². The highest BCUT2D eigenvalue weighted by Crippen LogP contribution is 2.09. The Morgan fingerprint density at radius 3 is 2.47 bits per heavy atom. The van der Waals surface area contributed by atoms with E-state index in [0.29, 0.717) is 17.9 Å². The highest BCUT2D eigenvalue weighted by Gasteiger charge is 2.24. The predicted molar refractivity (Wildman–Crippen MR) is 75.0 cm³/mol. The summed E-state index contributed by atoms with van der Waals surface area (Å²) in [6.45, 7) is 5.12. The third-order valence-corrected chi connectivity index (χ3v) is 4.13. The van der Waals surface area contributed by atoms with Crippen LogP contribution in [0.15, 0.2) is 11.2 Å². The van der Waals surface area contributed by atoms with Crippen molar-refractivity contribution in [2.45, 2.75) is 37.9 Å². The smallest absolute Gasteiger partial charge is 0.276 e. The molecule has 1 aromatic heterocycles. The number of nitrogens with one attached hydrogen (secondary N) is 2. The summed E-state index contributed by atoms with van der Waals surface area (Å²) in [4.78, 5) is 7.98. The van der Waals surface area contributed by atoms with Gasteiger partial charge in [0.1, 0.15) is 0 Å². The molecule has 1 aliphatic rings. The summed E-state index contributed by atoms with van der Waals surface area (Å²) in [6.07, 6.45) is 1.82. The van der Waals surface area contributed by atoms with Crippen LogP contribution in [-0.2, 0) is 10.0 Å². The van der Waals surface area contributed by atoms with Crippen LogP contribution in [0.2, 0.25) is 0 Å². The molecule has 1 atom stereocenters. The normalized spacial score (nSPS) is 19.8. The highest BCUT2D eigenvalue weighted by atomic mass is 35.5. The number of aromatic nitrogens is 2. The fourth-order valence-corrected chi connectivity index (χ4v) is 3.31. The Kier molecular flexibility index (Phi) is 5.66. The summed E-state index contributed by atoms with van der Waals surface area (Å²) in [5, 5.41) is 3.03. The van der Waals surface area contributed by atoms with Crippen molar-refractivity contribution in [2.24, 2.45) is 0 Å². The molecule has 1 aliphatic heterocycles. The zero-order valence-electron chi connectivity index (χ0n) is 11.0. The quantitative estimate of drug-likeness (QED) is 0.797. The molecule has 0 aliphatic carbocycles. The van der Waals surface area contributed by atoms with Crippen molar-refractivity contribution in [2.75, 3.05) is 13.1 Å². The van der Waals surface area contributed by atoms with E-state index < -0.39 is 10.0 Å². The van der Waals surface area contributed by atoms with Crippen LogP contribution in [0.1, 0.15) is 24.2 Å². The molecule has 1 aromatic rings. The number of piperidine rings is 1. The lowest BCUT2D eigenvalue weighted by atomic mass is 10.1. The summed E-state index contributed by atoms with van der Waals surface area (Å²) >= 11 is 0. The molecule has 1 unspecified atom stereocenters. The number of sulfonamides is 1.